The van der Waals surface area contributed by atoms with Crippen molar-refractivity contribution in [3.8, 4) is 11.1 Å². The molecule has 0 spiro atoms. The van der Waals surface area contributed by atoms with Crippen molar-refractivity contribution in [3.05, 3.63) is 102 Å². The molecule has 0 aliphatic heterocycles. The lowest BCUT2D eigenvalue weighted by atomic mass is 10.1. The van der Waals surface area contributed by atoms with Gasteiger partial charge in [0.15, 0.2) is 0 Å². The summed E-state index contributed by atoms with van der Waals surface area (Å²) in [6, 6.07) is 17.8. The summed E-state index contributed by atoms with van der Waals surface area (Å²) in [6.07, 6.45) is 7.12. The Kier molecular flexibility index (Phi) is 5.06. The maximum absolute atomic E-state index is 12.9. The molecule has 1 amide bonds. The third kappa shape index (κ3) is 4.04. The molecular formula is C23H21N3O2. The van der Waals surface area contributed by atoms with E-state index in [0.717, 1.165) is 22.5 Å². The van der Waals surface area contributed by atoms with Crippen LogP contribution < -0.4 is 5.32 Å². The van der Waals surface area contributed by atoms with E-state index in [-0.39, 0.29) is 5.91 Å². The van der Waals surface area contributed by atoms with Gasteiger partial charge in [-0.05, 0) is 48.4 Å². The summed E-state index contributed by atoms with van der Waals surface area (Å²) in [5.41, 5.74) is 4.97. The van der Waals surface area contributed by atoms with E-state index in [1.165, 1.54) is 5.56 Å². The first-order valence-electron chi connectivity index (χ1n) is 9.16. The second kappa shape index (κ2) is 7.96. The molecule has 0 aliphatic carbocycles. The minimum atomic E-state index is -0.135. The van der Waals surface area contributed by atoms with Gasteiger partial charge in [-0.2, -0.15) is 0 Å². The number of benzene rings is 1. The lowest BCUT2D eigenvalue weighted by molar-refractivity contribution is 0.0939. The lowest BCUT2D eigenvalue weighted by Crippen LogP contribution is -2.25. The van der Waals surface area contributed by atoms with Crippen LogP contribution in [0.15, 0.2) is 83.9 Å². The number of pyridine rings is 1. The topological polar surface area (TPSA) is 60.1 Å². The molecule has 4 rings (SSSR count). The Morgan fingerprint density at radius 1 is 1.07 bits per heavy atom. The van der Waals surface area contributed by atoms with E-state index in [2.05, 4.69) is 41.5 Å². The SMILES string of the molecule is Cc1ccc(Cn2cc(-c3ccncc3)cc2C(=O)NCc2ccco2)cc1. The van der Waals surface area contributed by atoms with E-state index >= 15 is 0 Å². The van der Waals surface area contributed by atoms with Crippen molar-refractivity contribution < 1.29 is 9.21 Å². The van der Waals surface area contributed by atoms with Gasteiger partial charge >= 0.3 is 0 Å². The van der Waals surface area contributed by atoms with Crippen LogP contribution >= 0.6 is 0 Å². The highest BCUT2D eigenvalue weighted by Crippen LogP contribution is 2.23. The van der Waals surface area contributed by atoms with E-state index in [1.807, 2.05) is 41.1 Å². The average molecular weight is 371 g/mol. The quantitative estimate of drug-likeness (QED) is 0.545. The molecule has 0 saturated heterocycles. The Hall–Kier alpha value is -3.60. The summed E-state index contributed by atoms with van der Waals surface area (Å²) >= 11 is 0. The lowest BCUT2D eigenvalue weighted by Gasteiger charge is -2.10. The fourth-order valence-electron chi connectivity index (χ4n) is 3.10. The molecule has 1 aromatic carbocycles. The van der Waals surface area contributed by atoms with Gasteiger partial charge < -0.3 is 14.3 Å². The molecule has 3 aromatic heterocycles. The van der Waals surface area contributed by atoms with Crippen molar-refractivity contribution in [3.63, 3.8) is 0 Å². The third-order valence-corrected chi connectivity index (χ3v) is 4.62. The number of furan rings is 1. The van der Waals surface area contributed by atoms with E-state index in [4.69, 9.17) is 4.42 Å². The summed E-state index contributed by atoms with van der Waals surface area (Å²) in [4.78, 5) is 16.9. The number of amides is 1. The maximum atomic E-state index is 12.9. The van der Waals surface area contributed by atoms with Crippen LogP contribution in [0, 0.1) is 6.92 Å². The van der Waals surface area contributed by atoms with Crippen LogP contribution in [-0.4, -0.2) is 15.5 Å². The normalized spacial score (nSPS) is 10.8. The number of hydrogen-bond acceptors (Lipinski definition) is 3. The third-order valence-electron chi connectivity index (χ3n) is 4.62. The summed E-state index contributed by atoms with van der Waals surface area (Å²) in [6.45, 7) is 3.04. The largest absolute Gasteiger partial charge is 0.467 e. The van der Waals surface area contributed by atoms with Gasteiger partial charge in [0.05, 0.1) is 12.8 Å². The minimum absolute atomic E-state index is 0.135. The van der Waals surface area contributed by atoms with Gasteiger partial charge in [0.25, 0.3) is 5.91 Å². The summed E-state index contributed by atoms with van der Waals surface area (Å²) in [5, 5.41) is 2.94. The fraction of sp³-hybridized carbons (Fsp3) is 0.130. The molecule has 0 saturated carbocycles. The zero-order valence-corrected chi connectivity index (χ0v) is 15.6. The van der Waals surface area contributed by atoms with Crippen molar-refractivity contribution in [1.29, 1.82) is 0 Å². The number of carbonyl (C=O) groups is 1. The molecule has 1 N–H and O–H groups in total. The van der Waals surface area contributed by atoms with E-state index in [1.54, 1.807) is 18.7 Å². The molecular weight excluding hydrogens is 350 g/mol. The Balaban J connectivity index is 1.63. The Labute approximate surface area is 163 Å². The molecule has 5 nitrogen and oxygen atoms in total. The number of aryl methyl sites for hydroxylation is 1. The Morgan fingerprint density at radius 2 is 1.86 bits per heavy atom. The zero-order chi connectivity index (χ0) is 19.3. The molecule has 0 radical (unpaired) electrons. The molecule has 0 fully saturated rings. The number of rotatable bonds is 6. The number of aromatic nitrogens is 2. The van der Waals surface area contributed by atoms with Crippen LogP contribution in [0.3, 0.4) is 0 Å². The summed E-state index contributed by atoms with van der Waals surface area (Å²) < 4.78 is 7.29. The number of nitrogens with one attached hydrogen (secondary N) is 1. The minimum Gasteiger partial charge on any atom is -0.467 e. The van der Waals surface area contributed by atoms with Gasteiger partial charge in [-0.3, -0.25) is 9.78 Å². The first-order chi connectivity index (χ1) is 13.7. The molecule has 140 valence electrons. The van der Waals surface area contributed by atoms with Gasteiger partial charge in [-0.1, -0.05) is 29.8 Å². The number of carbonyl (C=O) groups excluding carboxylic acids is 1. The van der Waals surface area contributed by atoms with E-state index < -0.39 is 0 Å². The molecule has 0 bridgehead atoms. The second-order valence-electron chi connectivity index (χ2n) is 6.73. The smallest absolute Gasteiger partial charge is 0.268 e. The van der Waals surface area contributed by atoms with Crippen LogP contribution in [-0.2, 0) is 13.1 Å². The fourth-order valence-corrected chi connectivity index (χ4v) is 3.10. The predicted octanol–water partition coefficient (Wildman–Crippen LogP) is 4.43. The molecule has 0 atom stereocenters. The molecule has 0 unspecified atom stereocenters. The van der Waals surface area contributed by atoms with Gasteiger partial charge in [-0.25, -0.2) is 0 Å². The molecule has 3 heterocycles. The predicted molar refractivity (Wildman–Crippen MR) is 108 cm³/mol. The zero-order valence-electron chi connectivity index (χ0n) is 15.6. The second-order valence-corrected chi connectivity index (χ2v) is 6.73. The highest BCUT2D eigenvalue weighted by Gasteiger charge is 2.15. The highest BCUT2D eigenvalue weighted by molar-refractivity contribution is 5.94. The molecule has 0 aliphatic rings. The van der Waals surface area contributed by atoms with E-state index in [0.29, 0.717) is 18.8 Å². The van der Waals surface area contributed by atoms with Crippen molar-refractivity contribution in [2.45, 2.75) is 20.0 Å². The van der Waals surface area contributed by atoms with Crippen LogP contribution in [0.1, 0.15) is 27.4 Å². The van der Waals surface area contributed by atoms with Gasteiger partial charge in [0.1, 0.15) is 11.5 Å². The molecule has 28 heavy (non-hydrogen) atoms. The first kappa shape index (κ1) is 17.8. The molecule has 4 aromatic rings. The summed E-state index contributed by atoms with van der Waals surface area (Å²) in [5.74, 6) is 0.586. The number of nitrogens with zero attached hydrogens (tertiary/aromatic N) is 2. The van der Waals surface area contributed by atoms with Gasteiger partial charge in [-0.15, -0.1) is 0 Å². The monoisotopic (exact) mass is 371 g/mol. The summed E-state index contributed by atoms with van der Waals surface area (Å²) in [7, 11) is 0. The van der Waals surface area contributed by atoms with Crippen molar-refractivity contribution in [2.24, 2.45) is 0 Å². The first-order valence-corrected chi connectivity index (χ1v) is 9.16. The number of hydrogen-bond donors (Lipinski definition) is 1. The van der Waals surface area contributed by atoms with Crippen molar-refractivity contribution in [1.82, 2.24) is 14.9 Å². The standard InChI is InChI=1S/C23H21N3O2/c1-17-4-6-18(7-5-17)15-26-16-20(19-8-10-24-11-9-19)13-22(26)23(27)25-14-21-3-2-12-28-21/h2-13,16H,14-15H2,1H3,(H,25,27). The average Bonchev–Trinajstić information content (AvgIpc) is 3.39. The van der Waals surface area contributed by atoms with Gasteiger partial charge in [0.2, 0.25) is 0 Å². The Bertz CT molecular complexity index is 1050. The van der Waals surface area contributed by atoms with Crippen LogP contribution in [0.2, 0.25) is 0 Å². The van der Waals surface area contributed by atoms with Crippen molar-refractivity contribution >= 4 is 5.91 Å². The highest BCUT2D eigenvalue weighted by atomic mass is 16.3. The van der Waals surface area contributed by atoms with Gasteiger partial charge in [0, 0.05) is 30.7 Å². The van der Waals surface area contributed by atoms with Crippen molar-refractivity contribution in [2.75, 3.05) is 0 Å². The molecule has 5 heteroatoms. The van der Waals surface area contributed by atoms with Crippen LogP contribution in [0.25, 0.3) is 11.1 Å². The van der Waals surface area contributed by atoms with Crippen LogP contribution in [0.5, 0.6) is 0 Å². The maximum Gasteiger partial charge on any atom is 0.268 e. The van der Waals surface area contributed by atoms with Crippen LogP contribution in [0.4, 0.5) is 0 Å². The van der Waals surface area contributed by atoms with E-state index in [9.17, 15) is 4.79 Å². The Morgan fingerprint density at radius 3 is 2.57 bits per heavy atom.